The molecule has 1 unspecified atom stereocenters. The third-order valence-corrected chi connectivity index (χ3v) is 3.25. The molecule has 4 nitrogen and oxygen atoms in total. The second-order valence-corrected chi connectivity index (χ2v) is 4.60. The fourth-order valence-electron chi connectivity index (χ4n) is 2.20. The van der Waals surface area contributed by atoms with Crippen LogP contribution in [-0.4, -0.2) is 30.6 Å². The summed E-state index contributed by atoms with van der Waals surface area (Å²) >= 11 is 0. The monoisotopic (exact) mass is 251 g/mol. The van der Waals surface area contributed by atoms with Gasteiger partial charge in [-0.25, -0.2) is 9.18 Å². The Morgan fingerprint density at radius 2 is 2.28 bits per heavy atom. The molecule has 1 fully saturated rings. The van der Waals surface area contributed by atoms with Gasteiger partial charge in [-0.15, -0.1) is 0 Å². The molecule has 2 amide bonds. The lowest BCUT2D eigenvalue weighted by molar-refractivity contribution is 0.179. The van der Waals surface area contributed by atoms with Crippen molar-refractivity contribution in [1.29, 1.82) is 0 Å². The van der Waals surface area contributed by atoms with E-state index in [4.69, 9.17) is 5.73 Å². The molecule has 1 heterocycles. The number of anilines is 1. The van der Waals surface area contributed by atoms with E-state index < -0.39 is 5.82 Å². The lowest BCUT2D eigenvalue weighted by Crippen LogP contribution is -2.44. The van der Waals surface area contributed by atoms with Gasteiger partial charge in [-0.1, -0.05) is 12.1 Å². The highest BCUT2D eigenvalue weighted by Gasteiger charge is 2.23. The molecule has 1 atom stereocenters. The lowest BCUT2D eigenvalue weighted by Gasteiger charge is -2.32. The number of carbonyl (C=O) groups is 1. The van der Waals surface area contributed by atoms with E-state index in [1.807, 2.05) is 0 Å². The number of para-hydroxylation sites is 1. The van der Waals surface area contributed by atoms with E-state index in [-0.39, 0.29) is 11.7 Å². The number of hydrogen-bond acceptors (Lipinski definition) is 2. The number of carbonyl (C=O) groups excluding carboxylic acids is 1. The Balaban J connectivity index is 1.97. The number of nitrogens with two attached hydrogens (primary N) is 1. The number of rotatable bonds is 2. The number of benzene rings is 1. The second kappa shape index (κ2) is 5.82. The number of likely N-dealkylation sites (tertiary alicyclic amines) is 1. The predicted molar refractivity (Wildman–Crippen MR) is 68.8 cm³/mol. The first-order chi connectivity index (χ1) is 8.70. The van der Waals surface area contributed by atoms with Crippen molar-refractivity contribution < 1.29 is 9.18 Å². The zero-order valence-corrected chi connectivity index (χ0v) is 10.2. The summed E-state index contributed by atoms with van der Waals surface area (Å²) < 4.78 is 13.4. The summed E-state index contributed by atoms with van der Waals surface area (Å²) in [6.45, 7) is 1.94. The Morgan fingerprint density at radius 1 is 1.50 bits per heavy atom. The van der Waals surface area contributed by atoms with Gasteiger partial charge < -0.3 is 16.0 Å². The molecule has 0 saturated carbocycles. The molecule has 1 aromatic carbocycles. The molecule has 1 aliphatic rings. The highest BCUT2D eigenvalue weighted by molar-refractivity contribution is 5.89. The van der Waals surface area contributed by atoms with Crippen LogP contribution in [0.2, 0.25) is 0 Å². The molecular weight excluding hydrogens is 233 g/mol. The molecule has 0 bridgehead atoms. The van der Waals surface area contributed by atoms with Crippen LogP contribution < -0.4 is 11.1 Å². The molecule has 0 aromatic heterocycles. The number of nitrogens with one attached hydrogen (secondary N) is 1. The van der Waals surface area contributed by atoms with Crippen LogP contribution in [-0.2, 0) is 0 Å². The van der Waals surface area contributed by atoms with E-state index in [0.717, 1.165) is 12.8 Å². The van der Waals surface area contributed by atoms with Crippen molar-refractivity contribution in [2.75, 3.05) is 25.0 Å². The third kappa shape index (κ3) is 2.98. The normalized spacial score (nSPS) is 19.7. The average Bonchev–Trinajstić information content (AvgIpc) is 2.41. The summed E-state index contributed by atoms with van der Waals surface area (Å²) in [4.78, 5) is 13.7. The maximum atomic E-state index is 13.4. The first kappa shape index (κ1) is 12.8. The van der Waals surface area contributed by atoms with Crippen LogP contribution in [0.5, 0.6) is 0 Å². The smallest absolute Gasteiger partial charge is 0.321 e. The fraction of sp³-hybridized carbons (Fsp3) is 0.462. The van der Waals surface area contributed by atoms with Gasteiger partial charge in [0.1, 0.15) is 5.82 Å². The number of halogens is 1. The largest absolute Gasteiger partial charge is 0.330 e. The minimum Gasteiger partial charge on any atom is -0.330 e. The van der Waals surface area contributed by atoms with Crippen LogP contribution in [0.1, 0.15) is 12.8 Å². The molecule has 5 heteroatoms. The molecule has 1 saturated heterocycles. The van der Waals surface area contributed by atoms with Gasteiger partial charge in [0, 0.05) is 13.1 Å². The van der Waals surface area contributed by atoms with Gasteiger partial charge in [0.25, 0.3) is 0 Å². The van der Waals surface area contributed by atoms with Gasteiger partial charge in [-0.3, -0.25) is 0 Å². The number of amides is 2. The van der Waals surface area contributed by atoms with E-state index in [9.17, 15) is 9.18 Å². The molecule has 18 heavy (non-hydrogen) atoms. The van der Waals surface area contributed by atoms with Crippen molar-refractivity contribution in [1.82, 2.24) is 4.90 Å². The van der Waals surface area contributed by atoms with Crippen LogP contribution >= 0.6 is 0 Å². The average molecular weight is 251 g/mol. The Labute approximate surface area is 106 Å². The summed E-state index contributed by atoms with van der Waals surface area (Å²) in [5.41, 5.74) is 5.84. The lowest BCUT2D eigenvalue weighted by atomic mass is 9.99. The van der Waals surface area contributed by atoms with Crippen LogP contribution in [0.15, 0.2) is 24.3 Å². The highest BCUT2D eigenvalue weighted by Crippen LogP contribution is 2.18. The van der Waals surface area contributed by atoms with E-state index in [2.05, 4.69) is 5.32 Å². The Bertz CT molecular complexity index is 424. The number of hydrogen-bond donors (Lipinski definition) is 2. The molecule has 98 valence electrons. The number of nitrogens with zero attached hydrogens (tertiary/aromatic N) is 1. The van der Waals surface area contributed by atoms with Gasteiger partial charge in [0.05, 0.1) is 5.69 Å². The van der Waals surface area contributed by atoms with E-state index in [1.165, 1.54) is 6.07 Å². The van der Waals surface area contributed by atoms with Gasteiger partial charge in [-0.2, -0.15) is 0 Å². The van der Waals surface area contributed by atoms with Crippen LogP contribution in [0.4, 0.5) is 14.9 Å². The quantitative estimate of drug-likeness (QED) is 0.845. The zero-order valence-electron chi connectivity index (χ0n) is 10.2. The van der Waals surface area contributed by atoms with Crippen LogP contribution in [0.3, 0.4) is 0 Å². The van der Waals surface area contributed by atoms with E-state index in [1.54, 1.807) is 23.1 Å². The Kier molecular flexibility index (Phi) is 4.15. The molecule has 2 rings (SSSR count). The summed E-state index contributed by atoms with van der Waals surface area (Å²) in [5.74, 6) is -0.0663. The molecule has 0 radical (unpaired) electrons. The minimum atomic E-state index is -0.418. The topological polar surface area (TPSA) is 58.4 Å². The molecule has 3 N–H and O–H groups in total. The molecule has 1 aliphatic heterocycles. The maximum absolute atomic E-state index is 13.4. The summed E-state index contributed by atoms with van der Waals surface area (Å²) in [6.07, 6.45) is 2.01. The van der Waals surface area contributed by atoms with Gasteiger partial charge in [-0.05, 0) is 37.4 Å². The Morgan fingerprint density at radius 3 is 3.00 bits per heavy atom. The number of piperidine rings is 1. The van der Waals surface area contributed by atoms with Gasteiger partial charge in [0.15, 0.2) is 0 Å². The zero-order chi connectivity index (χ0) is 13.0. The second-order valence-electron chi connectivity index (χ2n) is 4.60. The first-order valence-corrected chi connectivity index (χ1v) is 6.21. The minimum absolute atomic E-state index is 0.220. The summed E-state index contributed by atoms with van der Waals surface area (Å²) in [7, 11) is 0. The van der Waals surface area contributed by atoms with Crippen LogP contribution in [0, 0.1) is 11.7 Å². The SMILES string of the molecule is NCC1CCCN(C(=O)Nc2ccccc2F)C1. The standard InChI is InChI=1S/C13H18FN3O/c14-11-5-1-2-6-12(11)16-13(18)17-7-3-4-10(8-15)9-17/h1-2,5-6,10H,3-4,7-9,15H2,(H,16,18). The predicted octanol–water partition coefficient (Wildman–Crippen LogP) is 2.03. The third-order valence-electron chi connectivity index (χ3n) is 3.25. The van der Waals surface area contributed by atoms with Crippen molar-refractivity contribution >= 4 is 11.7 Å². The van der Waals surface area contributed by atoms with Crippen molar-refractivity contribution in [3.63, 3.8) is 0 Å². The van der Waals surface area contributed by atoms with Gasteiger partial charge in [0.2, 0.25) is 0 Å². The van der Waals surface area contributed by atoms with Crippen molar-refractivity contribution in [3.05, 3.63) is 30.1 Å². The summed E-state index contributed by atoms with van der Waals surface area (Å²) in [5, 5.41) is 2.60. The molecular formula is C13H18FN3O. The maximum Gasteiger partial charge on any atom is 0.321 e. The van der Waals surface area contributed by atoms with Crippen molar-refractivity contribution in [3.8, 4) is 0 Å². The number of urea groups is 1. The highest BCUT2D eigenvalue weighted by atomic mass is 19.1. The molecule has 1 aromatic rings. The van der Waals surface area contributed by atoms with Crippen LogP contribution in [0.25, 0.3) is 0 Å². The molecule has 0 spiro atoms. The molecule has 0 aliphatic carbocycles. The first-order valence-electron chi connectivity index (χ1n) is 6.21. The fourth-order valence-corrected chi connectivity index (χ4v) is 2.20. The van der Waals surface area contributed by atoms with Gasteiger partial charge >= 0.3 is 6.03 Å². The van der Waals surface area contributed by atoms with E-state index in [0.29, 0.717) is 25.6 Å². The van der Waals surface area contributed by atoms with Crippen molar-refractivity contribution in [2.45, 2.75) is 12.8 Å². The Hall–Kier alpha value is -1.62. The van der Waals surface area contributed by atoms with Crippen molar-refractivity contribution in [2.24, 2.45) is 11.7 Å². The summed E-state index contributed by atoms with van der Waals surface area (Å²) in [6, 6.07) is 5.92. The van der Waals surface area contributed by atoms with E-state index >= 15 is 0 Å².